The lowest BCUT2D eigenvalue weighted by Gasteiger charge is -2.14. The summed E-state index contributed by atoms with van der Waals surface area (Å²) >= 11 is 1.51. The van der Waals surface area contributed by atoms with Gasteiger partial charge in [-0.1, -0.05) is 12.1 Å². The number of aromatic nitrogens is 4. The molecule has 1 atom stereocenters. The summed E-state index contributed by atoms with van der Waals surface area (Å²) in [5.41, 5.74) is 3.39. The molecule has 0 aromatic carbocycles. The van der Waals surface area contributed by atoms with E-state index in [0.29, 0.717) is 24.7 Å². The van der Waals surface area contributed by atoms with Crippen molar-refractivity contribution in [1.82, 2.24) is 25.3 Å². The number of nitrogens with one attached hydrogen (secondary N) is 2. The lowest BCUT2D eigenvalue weighted by Crippen LogP contribution is -2.22. The van der Waals surface area contributed by atoms with Gasteiger partial charge in [-0.2, -0.15) is 0 Å². The minimum atomic E-state index is -0.909. The standard InChI is InChI=1S/C19H18N6OS/c26-18(22-11-13-3-1-6-20-9-13)16-17-15(5-8-27-17)24-19(25-16)23-12-14-4-2-7-21-10-14/h1-10,18,22,26H,11-12H2,(H,23,24,25). The third-order valence-corrected chi connectivity index (χ3v) is 4.91. The van der Waals surface area contributed by atoms with E-state index in [4.69, 9.17) is 0 Å². The van der Waals surface area contributed by atoms with Gasteiger partial charge in [0.25, 0.3) is 0 Å². The Morgan fingerprint density at radius 1 is 0.963 bits per heavy atom. The molecule has 0 aliphatic heterocycles. The van der Waals surface area contributed by atoms with Crippen LogP contribution in [0.1, 0.15) is 23.0 Å². The van der Waals surface area contributed by atoms with Gasteiger partial charge >= 0.3 is 0 Å². The maximum atomic E-state index is 10.7. The maximum absolute atomic E-state index is 10.7. The second kappa shape index (κ2) is 8.17. The van der Waals surface area contributed by atoms with Crippen LogP contribution in [-0.2, 0) is 13.1 Å². The van der Waals surface area contributed by atoms with Gasteiger partial charge in [-0.25, -0.2) is 9.97 Å². The molecular weight excluding hydrogens is 360 g/mol. The van der Waals surface area contributed by atoms with Crippen LogP contribution in [0.15, 0.2) is 60.5 Å². The second-order valence-corrected chi connectivity index (χ2v) is 6.84. The SMILES string of the molecule is OC(NCc1cccnc1)c1nc(NCc2cccnc2)nc2ccsc12. The molecule has 4 aromatic rings. The molecule has 1 unspecified atom stereocenters. The van der Waals surface area contributed by atoms with Crippen LogP contribution in [-0.4, -0.2) is 25.0 Å². The van der Waals surface area contributed by atoms with Crippen LogP contribution in [0, 0.1) is 0 Å². The van der Waals surface area contributed by atoms with E-state index in [1.807, 2.05) is 35.7 Å². The average Bonchev–Trinajstić information content (AvgIpc) is 3.20. The van der Waals surface area contributed by atoms with E-state index >= 15 is 0 Å². The minimum absolute atomic E-state index is 0.474. The zero-order valence-corrected chi connectivity index (χ0v) is 15.2. The predicted octanol–water partition coefficient (Wildman–Crippen LogP) is 2.87. The first-order valence-corrected chi connectivity index (χ1v) is 9.36. The lowest BCUT2D eigenvalue weighted by atomic mass is 10.2. The summed E-state index contributed by atoms with van der Waals surface area (Å²) in [6.45, 7) is 1.05. The van der Waals surface area contributed by atoms with Gasteiger partial charge in [-0.05, 0) is 34.7 Å². The zero-order chi connectivity index (χ0) is 18.5. The summed E-state index contributed by atoms with van der Waals surface area (Å²) in [6, 6.07) is 9.61. The number of nitrogens with zero attached hydrogens (tertiary/aromatic N) is 4. The number of rotatable bonds is 7. The molecule has 4 aromatic heterocycles. The van der Waals surface area contributed by atoms with E-state index in [0.717, 1.165) is 21.3 Å². The normalized spacial score (nSPS) is 12.2. The highest BCUT2D eigenvalue weighted by molar-refractivity contribution is 7.17. The largest absolute Gasteiger partial charge is 0.373 e. The Hall–Kier alpha value is -2.94. The van der Waals surface area contributed by atoms with Crippen LogP contribution in [0.3, 0.4) is 0 Å². The molecule has 8 heteroatoms. The third kappa shape index (κ3) is 4.25. The van der Waals surface area contributed by atoms with E-state index in [1.54, 1.807) is 24.8 Å². The molecule has 0 fully saturated rings. The first-order valence-electron chi connectivity index (χ1n) is 8.48. The van der Waals surface area contributed by atoms with Crippen molar-refractivity contribution in [2.75, 3.05) is 5.32 Å². The summed E-state index contributed by atoms with van der Waals surface area (Å²) in [6.07, 6.45) is 6.11. The fraction of sp³-hybridized carbons (Fsp3) is 0.158. The van der Waals surface area contributed by atoms with Crippen molar-refractivity contribution in [2.24, 2.45) is 0 Å². The molecule has 7 nitrogen and oxygen atoms in total. The van der Waals surface area contributed by atoms with Gasteiger partial charge in [0.15, 0.2) is 0 Å². The Balaban J connectivity index is 1.53. The van der Waals surface area contributed by atoms with Crippen molar-refractivity contribution in [2.45, 2.75) is 19.3 Å². The monoisotopic (exact) mass is 378 g/mol. The number of thiophene rings is 1. The Morgan fingerprint density at radius 3 is 2.41 bits per heavy atom. The molecule has 0 saturated heterocycles. The zero-order valence-electron chi connectivity index (χ0n) is 14.4. The number of hydrogen-bond donors (Lipinski definition) is 3. The predicted molar refractivity (Wildman–Crippen MR) is 105 cm³/mol. The number of aliphatic hydroxyl groups excluding tert-OH is 1. The lowest BCUT2D eigenvalue weighted by molar-refractivity contribution is 0.134. The fourth-order valence-electron chi connectivity index (χ4n) is 2.65. The molecule has 3 N–H and O–H groups in total. The molecule has 0 radical (unpaired) electrons. The summed E-state index contributed by atoms with van der Waals surface area (Å²) in [4.78, 5) is 17.3. The van der Waals surface area contributed by atoms with Crippen LogP contribution < -0.4 is 10.6 Å². The molecule has 0 bridgehead atoms. The molecule has 0 amide bonds. The third-order valence-electron chi connectivity index (χ3n) is 3.98. The van der Waals surface area contributed by atoms with E-state index in [9.17, 15) is 5.11 Å². The number of hydrogen-bond acceptors (Lipinski definition) is 8. The van der Waals surface area contributed by atoms with Gasteiger partial charge in [-0.15, -0.1) is 11.3 Å². The highest BCUT2D eigenvalue weighted by Crippen LogP contribution is 2.27. The number of pyridine rings is 2. The molecule has 0 spiro atoms. The van der Waals surface area contributed by atoms with Gasteiger partial charge in [0.1, 0.15) is 11.9 Å². The Morgan fingerprint density at radius 2 is 1.70 bits per heavy atom. The summed E-state index contributed by atoms with van der Waals surface area (Å²) in [5.74, 6) is 0.474. The molecule has 136 valence electrons. The molecule has 4 heterocycles. The van der Waals surface area contributed by atoms with Crippen LogP contribution in [0.2, 0.25) is 0 Å². The molecular formula is C19H18N6OS. The van der Waals surface area contributed by atoms with Crippen LogP contribution in [0.5, 0.6) is 0 Å². The first-order chi connectivity index (χ1) is 13.3. The molecule has 0 saturated carbocycles. The Labute approximate surface area is 160 Å². The highest BCUT2D eigenvalue weighted by atomic mass is 32.1. The van der Waals surface area contributed by atoms with Crippen LogP contribution in [0.25, 0.3) is 10.2 Å². The van der Waals surface area contributed by atoms with Gasteiger partial charge in [0, 0.05) is 37.9 Å². The van der Waals surface area contributed by atoms with E-state index in [2.05, 4.69) is 30.6 Å². The maximum Gasteiger partial charge on any atom is 0.223 e. The van der Waals surface area contributed by atoms with Gasteiger partial charge in [0.05, 0.1) is 10.2 Å². The van der Waals surface area contributed by atoms with Crippen molar-refractivity contribution in [3.05, 3.63) is 77.3 Å². The van der Waals surface area contributed by atoms with Crippen molar-refractivity contribution in [3.63, 3.8) is 0 Å². The second-order valence-electron chi connectivity index (χ2n) is 5.93. The van der Waals surface area contributed by atoms with Crippen molar-refractivity contribution < 1.29 is 5.11 Å². The fourth-order valence-corrected chi connectivity index (χ4v) is 3.49. The smallest absolute Gasteiger partial charge is 0.223 e. The van der Waals surface area contributed by atoms with Crippen molar-refractivity contribution >= 4 is 27.5 Å². The van der Waals surface area contributed by atoms with E-state index < -0.39 is 6.23 Å². The minimum Gasteiger partial charge on any atom is -0.373 e. The van der Waals surface area contributed by atoms with E-state index in [1.165, 1.54) is 11.3 Å². The molecule has 4 rings (SSSR count). The topological polar surface area (TPSA) is 95.8 Å². The van der Waals surface area contributed by atoms with Gasteiger partial charge < -0.3 is 10.4 Å². The Kier molecular flexibility index (Phi) is 5.29. The number of fused-ring (bicyclic) bond motifs is 1. The quantitative estimate of drug-likeness (QED) is 0.426. The molecule has 0 aliphatic rings. The van der Waals surface area contributed by atoms with Gasteiger partial charge in [0.2, 0.25) is 5.95 Å². The highest BCUT2D eigenvalue weighted by Gasteiger charge is 2.16. The molecule has 0 aliphatic carbocycles. The molecule has 27 heavy (non-hydrogen) atoms. The summed E-state index contributed by atoms with van der Waals surface area (Å²) < 4.78 is 0.869. The van der Waals surface area contributed by atoms with E-state index in [-0.39, 0.29) is 0 Å². The summed E-state index contributed by atoms with van der Waals surface area (Å²) in [7, 11) is 0. The van der Waals surface area contributed by atoms with Crippen LogP contribution >= 0.6 is 11.3 Å². The number of aliphatic hydroxyl groups is 1. The van der Waals surface area contributed by atoms with Crippen LogP contribution in [0.4, 0.5) is 5.95 Å². The van der Waals surface area contributed by atoms with Crippen molar-refractivity contribution in [3.8, 4) is 0 Å². The first kappa shape index (κ1) is 17.5. The number of anilines is 1. The average molecular weight is 378 g/mol. The summed E-state index contributed by atoms with van der Waals surface area (Å²) in [5, 5.41) is 18.9. The van der Waals surface area contributed by atoms with Crippen molar-refractivity contribution in [1.29, 1.82) is 0 Å². The van der Waals surface area contributed by atoms with Gasteiger partial charge in [-0.3, -0.25) is 15.3 Å². The Bertz CT molecular complexity index is 1010.